The number of nitrogens with one attached hydrogen (secondary N) is 1. The minimum atomic E-state index is 0.216. The maximum Gasteiger partial charge on any atom is 0.00678 e. The molecular weight excluding hydrogens is 230 g/mol. The molecule has 0 unspecified atom stereocenters. The van der Waals surface area contributed by atoms with Crippen LogP contribution in [0.3, 0.4) is 0 Å². The Morgan fingerprint density at radius 1 is 1.11 bits per heavy atom. The van der Waals surface area contributed by atoms with Crippen molar-refractivity contribution in [1.82, 2.24) is 5.32 Å². The van der Waals surface area contributed by atoms with Crippen LogP contribution in [0.25, 0.3) is 0 Å². The minimum absolute atomic E-state index is 0.216. The lowest BCUT2D eigenvalue weighted by Crippen LogP contribution is -2.42. The number of hydrogen-bond donors (Lipinski definition) is 1. The SMILES string of the molecule is CC1(C)CCC(NCC(C)(C)c2ccccc2)CC1. The lowest BCUT2D eigenvalue weighted by Gasteiger charge is -2.36. The van der Waals surface area contributed by atoms with Gasteiger partial charge in [-0.3, -0.25) is 0 Å². The Morgan fingerprint density at radius 2 is 1.68 bits per heavy atom. The molecule has 0 atom stereocenters. The Morgan fingerprint density at radius 3 is 2.26 bits per heavy atom. The van der Waals surface area contributed by atoms with Crippen molar-refractivity contribution in [3.8, 4) is 0 Å². The van der Waals surface area contributed by atoms with E-state index in [9.17, 15) is 0 Å². The molecule has 0 amide bonds. The van der Waals surface area contributed by atoms with Gasteiger partial charge in [-0.15, -0.1) is 0 Å². The van der Waals surface area contributed by atoms with E-state index in [2.05, 4.69) is 63.3 Å². The highest BCUT2D eigenvalue weighted by Gasteiger charge is 2.28. The first-order valence-corrected chi connectivity index (χ1v) is 7.68. The summed E-state index contributed by atoms with van der Waals surface area (Å²) in [7, 11) is 0. The summed E-state index contributed by atoms with van der Waals surface area (Å²) in [6.45, 7) is 10.5. The Balaban J connectivity index is 1.85. The predicted octanol–water partition coefficient (Wildman–Crippen LogP) is 4.52. The van der Waals surface area contributed by atoms with Gasteiger partial charge in [-0.2, -0.15) is 0 Å². The van der Waals surface area contributed by atoms with E-state index in [1.807, 2.05) is 0 Å². The van der Waals surface area contributed by atoms with Crippen LogP contribution in [0.2, 0.25) is 0 Å². The second kappa shape index (κ2) is 5.66. The summed E-state index contributed by atoms with van der Waals surface area (Å²) in [6.07, 6.45) is 5.38. The van der Waals surface area contributed by atoms with Crippen LogP contribution in [0.15, 0.2) is 30.3 Å². The van der Waals surface area contributed by atoms with Gasteiger partial charge in [0, 0.05) is 18.0 Å². The first-order chi connectivity index (χ1) is 8.89. The highest BCUT2D eigenvalue weighted by Crippen LogP contribution is 2.35. The lowest BCUT2D eigenvalue weighted by molar-refractivity contribution is 0.202. The Hall–Kier alpha value is -0.820. The number of hydrogen-bond acceptors (Lipinski definition) is 1. The minimum Gasteiger partial charge on any atom is -0.313 e. The molecule has 1 nitrogen and oxygen atoms in total. The molecule has 1 aromatic rings. The van der Waals surface area contributed by atoms with Crippen molar-refractivity contribution in [2.75, 3.05) is 6.54 Å². The van der Waals surface area contributed by atoms with Crippen molar-refractivity contribution in [3.63, 3.8) is 0 Å². The van der Waals surface area contributed by atoms with E-state index >= 15 is 0 Å². The fourth-order valence-corrected chi connectivity index (χ4v) is 2.99. The van der Waals surface area contributed by atoms with E-state index in [0.29, 0.717) is 5.41 Å². The summed E-state index contributed by atoms with van der Waals surface area (Å²) >= 11 is 0. The predicted molar refractivity (Wildman–Crippen MR) is 83.5 cm³/mol. The van der Waals surface area contributed by atoms with Gasteiger partial charge < -0.3 is 5.32 Å². The number of benzene rings is 1. The van der Waals surface area contributed by atoms with Gasteiger partial charge in [0.25, 0.3) is 0 Å². The molecule has 1 heteroatoms. The maximum atomic E-state index is 3.80. The second-order valence-electron chi connectivity index (χ2n) is 7.57. The van der Waals surface area contributed by atoms with E-state index < -0.39 is 0 Å². The van der Waals surface area contributed by atoms with Crippen molar-refractivity contribution in [2.24, 2.45) is 5.41 Å². The van der Waals surface area contributed by atoms with Crippen LogP contribution in [0, 0.1) is 5.41 Å². The summed E-state index contributed by atoms with van der Waals surface area (Å²) in [5, 5.41) is 3.80. The van der Waals surface area contributed by atoms with Gasteiger partial charge in [-0.1, -0.05) is 58.0 Å². The Labute approximate surface area is 118 Å². The summed E-state index contributed by atoms with van der Waals surface area (Å²) in [5.74, 6) is 0. The topological polar surface area (TPSA) is 12.0 Å². The molecule has 1 N–H and O–H groups in total. The standard InChI is InChI=1S/C18H29N/c1-17(2)12-10-16(11-13-17)19-14-18(3,4)15-8-6-5-7-9-15/h5-9,16,19H,10-14H2,1-4H3. The molecule has 1 aliphatic rings. The fraction of sp³-hybridized carbons (Fsp3) is 0.667. The third kappa shape index (κ3) is 4.07. The normalized spacial score (nSPS) is 20.4. The maximum absolute atomic E-state index is 3.80. The molecular formula is C18H29N. The van der Waals surface area contributed by atoms with Gasteiger partial charge in [0.05, 0.1) is 0 Å². The molecule has 106 valence electrons. The van der Waals surface area contributed by atoms with Crippen LogP contribution in [0.4, 0.5) is 0 Å². The van der Waals surface area contributed by atoms with E-state index in [1.165, 1.54) is 31.2 Å². The third-order valence-electron chi connectivity index (χ3n) is 4.73. The summed E-state index contributed by atoms with van der Waals surface area (Å²) < 4.78 is 0. The van der Waals surface area contributed by atoms with E-state index in [1.54, 1.807) is 0 Å². The molecule has 0 bridgehead atoms. The zero-order valence-electron chi connectivity index (χ0n) is 13.0. The van der Waals surface area contributed by atoms with Crippen molar-refractivity contribution >= 4 is 0 Å². The molecule has 1 aliphatic carbocycles. The van der Waals surface area contributed by atoms with Crippen LogP contribution in [-0.2, 0) is 5.41 Å². The van der Waals surface area contributed by atoms with Gasteiger partial charge in [-0.05, 0) is 36.7 Å². The van der Waals surface area contributed by atoms with Crippen LogP contribution in [0.5, 0.6) is 0 Å². The largest absolute Gasteiger partial charge is 0.313 e. The van der Waals surface area contributed by atoms with Crippen molar-refractivity contribution in [3.05, 3.63) is 35.9 Å². The second-order valence-corrected chi connectivity index (χ2v) is 7.57. The van der Waals surface area contributed by atoms with Gasteiger partial charge in [0.1, 0.15) is 0 Å². The highest BCUT2D eigenvalue weighted by atomic mass is 14.9. The van der Waals surface area contributed by atoms with Crippen molar-refractivity contribution in [1.29, 1.82) is 0 Å². The van der Waals surface area contributed by atoms with E-state index in [0.717, 1.165) is 12.6 Å². The average molecular weight is 259 g/mol. The Bertz CT molecular complexity index is 381. The molecule has 1 aromatic carbocycles. The molecule has 0 radical (unpaired) electrons. The monoisotopic (exact) mass is 259 g/mol. The quantitative estimate of drug-likeness (QED) is 0.838. The smallest absolute Gasteiger partial charge is 0.00678 e. The van der Waals surface area contributed by atoms with Crippen LogP contribution in [0.1, 0.15) is 58.9 Å². The molecule has 2 rings (SSSR count). The number of rotatable bonds is 4. The molecule has 1 saturated carbocycles. The van der Waals surface area contributed by atoms with Crippen molar-refractivity contribution < 1.29 is 0 Å². The van der Waals surface area contributed by atoms with Gasteiger partial charge in [0.2, 0.25) is 0 Å². The van der Waals surface area contributed by atoms with Crippen LogP contribution >= 0.6 is 0 Å². The van der Waals surface area contributed by atoms with E-state index in [4.69, 9.17) is 0 Å². The van der Waals surface area contributed by atoms with Crippen molar-refractivity contribution in [2.45, 2.75) is 64.8 Å². The van der Waals surface area contributed by atoms with Crippen LogP contribution in [-0.4, -0.2) is 12.6 Å². The zero-order valence-corrected chi connectivity index (χ0v) is 13.0. The zero-order chi connectivity index (χ0) is 13.9. The third-order valence-corrected chi connectivity index (χ3v) is 4.73. The molecule has 1 fully saturated rings. The average Bonchev–Trinajstić information content (AvgIpc) is 2.39. The molecule has 0 aromatic heterocycles. The van der Waals surface area contributed by atoms with Gasteiger partial charge in [-0.25, -0.2) is 0 Å². The fourth-order valence-electron chi connectivity index (χ4n) is 2.99. The first kappa shape index (κ1) is 14.6. The molecule has 0 aliphatic heterocycles. The molecule has 19 heavy (non-hydrogen) atoms. The molecule has 0 spiro atoms. The summed E-state index contributed by atoms with van der Waals surface area (Å²) in [4.78, 5) is 0. The lowest BCUT2D eigenvalue weighted by atomic mass is 9.75. The Kier molecular flexibility index (Phi) is 4.35. The first-order valence-electron chi connectivity index (χ1n) is 7.68. The van der Waals surface area contributed by atoms with Gasteiger partial charge >= 0.3 is 0 Å². The summed E-state index contributed by atoms with van der Waals surface area (Å²) in [5.41, 5.74) is 2.21. The highest BCUT2D eigenvalue weighted by molar-refractivity contribution is 5.23. The van der Waals surface area contributed by atoms with Crippen LogP contribution < -0.4 is 5.32 Å². The van der Waals surface area contributed by atoms with E-state index in [-0.39, 0.29) is 5.41 Å². The molecule has 0 heterocycles. The molecule has 0 saturated heterocycles. The summed E-state index contributed by atoms with van der Waals surface area (Å²) in [6, 6.07) is 11.6. The van der Waals surface area contributed by atoms with Gasteiger partial charge in [0.15, 0.2) is 0 Å².